The van der Waals surface area contributed by atoms with Gasteiger partial charge in [-0.2, -0.15) is 0 Å². The second-order valence-corrected chi connectivity index (χ2v) is 13.5. The van der Waals surface area contributed by atoms with Crippen molar-refractivity contribution < 1.29 is 4.80 Å². The summed E-state index contributed by atoms with van der Waals surface area (Å²) in [7, 11) is -2.02. The highest BCUT2D eigenvalue weighted by molar-refractivity contribution is 9.12. The van der Waals surface area contributed by atoms with Crippen LogP contribution in [0.4, 0.5) is 0 Å². The van der Waals surface area contributed by atoms with Crippen LogP contribution in [0.1, 0.15) is 46.0 Å². The fourth-order valence-electron chi connectivity index (χ4n) is 2.29. The first-order chi connectivity index (χ1) is 7.63. The summed E-state index contributed by atoms with van der Waals surface area (Å²) in [5.74, 6) is 0.837. The van der Waals surface area contributed by atoms with Crippen LogP contribution in [0, 0.1) is 5.92 Å². The maximum absolute atomic E-state index is 10.3. The molecule has 0 radical (unpaired) electrons. The molecule has 102 valence electrons. The van der Waals surface area contributed by atoms with Crippen molar-refractivity contribution in [1.29, 1.82) is 0 Å². The molecule has 17 heavy (non-hydrogen) atoms. The lowest BCUT2D eigenvalue weighted by Gasteiger charge is -2.37. The Morgan fingerprint density at radius 2 is 1.76 bits per heavy atom. The average Bonchev–Trinajstić information content (AvgIpc) is 2.18. The summed E-state index contributed by atoms with van der Waals surface area (Å²) in [5.41, 5.74) is 0. The Bertz CT molecular complexity index is 250. The predicted molar refractivity (Wildman–Crippen MR) is 85.7 cm³/mol. The van der Waals surface area contributed by atoms with Gasteiger partial charge >= 0.3 is 0 Å². The molecule has 0 aromatic heterocycles. The normalized spacial score (nSPS) is 31.6. The molecular weight excluding hydrogens is 360 g/mol. The second kappa shape index (κ2) is 6.06. The number of halogens is 2. The molecule has 1 N–H and O–H groups in total. The molecule has 0 aromatic rings. The summed E-state index contributed by atoms with van der Waals surface area (Å²) in [4.78, 5) is 11.6. The van der Waals surface area contributed by atoms with Crippen LogP contribution in [0.2, 0.25) is 18.1 Å². The first kappa shape index (κ1) is 16.2. The molecule has 0 bridgehead atoms. The maximum Gasteiger partial charge on any atom is 0.188 e. The fraction of sp³-hybridized carbons (Fsp3) is 1.00. The van der Waals surface area contributed by atoms with Gasteiger partial charge in [0, 0.05) is 9.65 Å². The van der Waals surface area contributed by atoms with Gasteiger partial charge in [-0.15, -0.1) is 0 Å². The lowest BCUT2D eigenvalue weighted by atomic mass is 9.84. The molecule has 0 saturated heterocycles. The Morgan fingerprint density at radius 1 is 1.18 bits per heavy atom. The van der Waals surface area contributed by atoms with E-state index in [9.17, 15) is 4.80 Å². The first-order valence-corrected chi connectivity index (χ1v) is 11.4. The third kappa shape index (κ3) is 4.63. The topological polar surface area (TPSA) is 20.2 Å². The minimum Gasteiger partial charge on any atom is -0.432 e. The van der Waals surface area contributed by atoms with E-state index in [2.05, 4.69) is 58.8 Å². The summed E-state index contributed by atoms with van der Waals surface area (Å²) in [5, 5.41) is 0.139. The summed E-state index contributed by atoms with van der Waals surface area (Å²) >= 11 is 7.49. The molecule has 1 aliphatic rings. The van der Waals surface area contributed by atoms with Crippen molar-refractivity contribution in [3.8, 4) is 0 Å². The smallest absolute Gasteiger partial charge is 0.188 e. The van der Waals surface area contributed by atoms with Crippen molar-refractivity contribution in [2.75, 3.05) is 0 Å². The highest BCUT2D eigenvalue weighted by Gasteiger charge is 2.38. The van der Waals surface area contributed by atoms with E-state index in [0.717, 1.165) is 5.92 Å². The van der Waals surface area contributed by atoms with Gasteiger partial charge in [0.2, 0.25) is 0 Å². The number of hydrogen-bond acceptors (Lipinski definition) is 1. The van der Waals surface area contributed by atoms with E-state index in [4.69, 9.17) is 0 Å². The maximum atomic E-state index is 10.3. The van der Waals surface area contributed by atoms with Crippen LogP contribution in [-0.4, -0.2) is 22.8 Å². The lowest BCUT2D eigenvalue weighted by Crippen LogP contribution is -2.39. The molecule has 1 nitrogen and oxygen atoms in total. The molecule has 0 amide bonds. The van der Waals surface area contributed by atoms with Gasteiger partial charge in [-0.1, -0.05) is 52.1 Å². The lowest BCUT2D eigenvalue weighted by molar-refractivity contribution is 0.324. The molecule has 4 heteroatoms. The molecular formula is C13H26Br2OSi. The highest BCUT2D eigenvalue weighted by Crippen LogP contribution is 2.43. The molecule has 1 saturated carbocycles. The van der Waals surface area contributed by atoms with E-state index in [1.807, 2.05) is 0 Å². The van der Waals surface area contributed by atoms with E-state index >= 15 is 0 Å². The minimum atomic E-state index is -2.02. The van der Waals surface area contributed by atoms with Gasteiger partial charge in [0.05, 0.1) is 0 Å². The summed E-state index contributed by atoms with van der Waals surface area (Å²) < 4.78 is 0. The fourth-order valence-corrected chi connectivity index (χ4v) is 4.32. The molecule has 0 aromatic carbocycles. The van der Waals surface area contributed by atoms with Crippen LogP contribution >= 0.6 is 31.9 Å². The Balaban J connectivity index is 2.41. The van der Waals surface area contributed by atoms with Crippen LogP contribution in [0.15, 0.2) is 0 Å². The van der Waals surface area contributed by atoms with Gasteiger partial charge in [-0.25, -0.2) is 0 Å². The molecule has 1 fully saturated rings. The Morgan fingerprint density at radius 3 is 2.24 bits per heavy atom. The van der Waals surface area contributed by atoms with E-state index in [1.165, 1.54) is 32.1 Å². The number of alkyl halides is 2. The highest BCUT2D eigenvalue weighted by atomic mass is 79.9. The van der Waals surface area contributed by atoms with Gasteiger partial charge in [-0.3, -0.25) is 0 Å². The summed E-state index contributed by atoms with van der Waals surface area (Å²) in [6.45, 7) is 8.60. The zero-order chi connectivity index (χ0) is 13.3. The molecule has 1 rings (SSSR count). The van der Waals surface area contributed by atoms with Gasteiger partial charge in [0.1, 0.15) is 0 Å². The van der Waals surface area contributed by atoms with Gasteiger partial charge in [0.25, 0.3) is 0 Å². The third-order valence-electron chi connectivity index (χ3n) is 4.64. The Hall–Kier alpha value is 1.14. The third-order valence-corrected chi connectivity index (χ3v) is 11.0. The Labute approximate surface area is 124 Å². The first-order valence-electron chi connectivity index (χ1n) is 6.64. The monoisotopic (exact) mass is 384 g/mol. The van der Waals surface area contributed by atoms with Crippen LogP contribution in [0.5, 0.6) is 0 Å². The van der Waals surface area contributed by atoms with Crippen LogP contribution < -0.4 is 0 Å². The van der Waals surface area contributed by atoms with E-state index < -0.39 is 8.32 Å². The van der Waals surface area contributed by atoms with E-state index in [0.29, 0.717) is 9.65 Å². The van der Waals surface area contributed by atoms with Crippen LogP contribution in [0.25, 0.3) is 0 Å². The quantitative estimate of drug-likeness (QED) is 0.528. The number of hydrogen-bond donors (Lipinski definition) is 1. The minimum absolute atomic E-state index is 0.139. The van der Waals surface area contributed by atoms with Crippen molar-refractivity contribution in [1.82, 2.24) is 0 Å². The summed E-state index contributed by atoms with van der Waals surface area (Å²) in [6.07, 6.45) is 6.33. The standard InChI is InChI=1S/C13H26Br2OSi/c1-13(2,17(3,4)16)8-7-10-5-6-11(14)12(15)9-10/h10-12,16H,5-9H2,1-4H3/t10?,11-,12-/m0/s1. The molecule has 0 aliphatic heterocycles. The number of rotatable bonds is 4. The van der Waals surface area contributed by atoms with E-state index in [1.54, 1.807) is 0 Å². The second-order valence-electron chi connectivity index (χ2n) is 6.69. The average molecular weight is 386 g/mol. The predicted octanol–water partition coefficient (Wildman–Crippen LogP) is 5.07. The molecule has 1 aliphatic carbocycles. The van der Waals surface area contributed by atoms with Crippen LogP contribution in [0.3, 0.4) is 0 Å². The van der Waals surface area contributed by atoms with Crippen molar-refractivity contribution in [2.24, 2.45) is 5.92 Å². The summed E-state index contributed by atoms with van der Waals surface area (Å²) in [6, 6.07) is 0. The van der Waals surface area contributed by atoms with Gasteiger partial charge in [-0.05, 0) is 49.7 Å². The molecule has 0 heterocycles. The Kier molecular flexibility index (Phi) is 5.77. The van der Waals surface area contributed by atoms with Crippen molar-refractivity contribution in [3.05, 3.63) is 0 Å². The largest absolute Gasteiger partial charge is 0.432 e. The zero-order valence-electron chi connectivity index (χ0n) is 11.5. The van der Waals surface area contributed by atoms with Crippen LogP contribution in [-0.2, 0) is 0 Å². The van der Waals surface area contributed by atoms with Gasteiger partial charge in [0.15, 0.2) is 8.32 Å². The van der Waals surface area contributed by atoms with E-state index in [-0.39, 0.29) is 5.04 Å². The molecule has 0 spiro atoms. The zero-order valence-corrected chi connectivity index (χ0v) is 15.6. The van der Waals surface area contributed by atoms with Crippen molar-refractivity contribution in [3.63, 3.8) is 0 Å². The molecule has 1 unspecified atom stereocenters. The van der Waals surface area contributed by atoms with Crippen molar-refractivity contribution >= 4 is 40.2 Å². The molecule has 3 atom stereocenters. The van der Waals surface area contributed by atoms with Gasteiger partial charge < -0.3 is 4.80 Å². The SMILES string of the molecule is CC(C)(CCC1CC[C@H](Br)[C@@H](Br)C1)[Si](C)(C)O. The van der Waals surface area contributed by atoms with Crippen molar-refractivity contribution in [2.45, 2.75) is 73.7 Å².